The molecular formula is C11H20N2. The van der Waals surface area contributed by atoms with Gasteiger partial charge >= 0.3 is 0 Å². The van der Waals surface area contributed by atoms with Crippen molar-refractivity contribution in [1.29, 1.82) is 5.26 Å². The normalized spacial score (nSPS) is 30.8. The maximum atomic E-state index is 8.85. The molecule has 0 N–H and O–H groups in total. The zero-order chi connectivity index (χ0) is 10.1. The van der Waals surface area contributed by atoms with Crippen LogP contribution in [0.4, 0.5) is 0 Å². The van der Waals surface area contributed by atoms with Gasteiger partial charge in [0.15, 0.2) is 0 Å². The summed E-state index contributed by atoms with van der Waals surface area (Å²) in [6.07, 6.45) is 1.28. The Kier molecular flexibility index (Phi) is 2.98. The first-order chi connectivity index (χ1) is 5.94. The first-order valence-electron chi connectivity index (χ1n) is 5.08. The van der Waals surface area contributed by atoms with Crippen molar-refractivity contribution in [2.45, 2.75) is 40.2 Å². The van der Waals surface area contributed by atoms with Crippen LogP contribution in [0.5, 0.6) is 0 Å². The van der Waals surface area contributed by atoms with E-state index in [2.05, 4.69) is 31.7 Å². The van der Waals surface area contributed by atoms with Crippen LogP contribution in [0.2, 0.25) is 0 Å². The number of rotatable bonds is 1. The quantitative estimate of drug-likeness (QED) is 0.619. The second-order valence-corrected chi connectivity index (χ2v) is 5.21. The van der Waals surface area contributed by atoms with E-state index in [1.807, 2.05) is 6.92 Å². The molecule has 2 nitrogen and oxygen atoms in total. The van der Waals surface area contributed by atoms with Crippen molar-refractivity contribution in [2.24, 2.45) is 11.3 Å². The van der Waals surface area contributed by atoms with Crippen LogP contribution in [-0.2, 0) is 0 Å². The fraction of sp³-hybridized carbons (Fsp3) is 0.909. The number of nitriles is 1. The van der Waals surface area contributed by atoms with Crippen molar-refractivity contribution in [2.75, 3.05) is 13.1 Å². The Hall–Kier alpha value is -0.550. The fourth-order valence-electron chi connectivity index (χ4n) is 2.46. The summed E-state index contributed by atoms with van der Waals surface area (Å²) in [5, 5.41) is 8.85. The minimum absolute atomic E-state index is 0.0713. The maximum Gasteiger partial charge on any atom is 0.0949 e. The molecule has 1 aliphatic rings. The smallest absolute Gasteiger partial charge is 0.0949 e. The van der Waals surface area contributed by atoms with Crippen molar-refractivity contribution >= 4 is 0 Å². The molecule has 2 atom stereocenters. The maximum absolute atomic E-state index is 8.85. The summed E-state index contributed by atoms with van der Waals surface area (Å²) in [6, 6.07) is 2.39. The van der Waals surface area contributed by atoms with Gasteiger partial charge in [0, 0.05) is 13.1 Å². The van der Waals surface area contributed by atoms with Gasteiger partial charge in [-0.1, -0.05) is 20.8 Å². The SMILES string of the molecule is CC1CN(C(C)C#N)CC(C)(C)C1. The highest BCUT2D eigenvalue weighted by Crippen LogP contribution is 2.32. The van der Waals surface area contributed by atoms with Gasteiger partial charge in [0.2, 0.25) is 0 Å². The lowest BCUT2D eigenvalue weighted by Gasteiger charge is -2.42. The molecule has 0 aromatic carbocycles. The number of hydrogen-bond donors (Lipinski definition) is 0. The summed E-state index contributed by atoms with van der Waals surface area (Å²) in [7, 11) is 0. The Labute approximate surface area is 81.5 Å². The average molecular weight is 180 g/mol. The van der Waals surface area contributed by atoms with Crippen LogP contribution in [0.1, 0.15) is 34.1 Å². The van der Waals surface area contributed by atoms with Gasteiger partial charge in [0.05, 0.1) is 12.1 Å². The van der Waals surface area contributed by atoms with Crippen LogP contribution in [0.15, 0.2) is 0 Å². The molecule has 0 amide bonds. The topological polar surface area (TPSA) is 27.0 Å². The summed E-state index contributed by atoms with van der Waals surface area (Å²) in [5.74, 6) is 0.722. The van der Waals surface area contributed by atoms with Crippen molar-refractivity contribution in [3.8, 4) is 6.07 Å². The molecule has 0 saturated carbocycles. The number of hydrogen-bond acceptors (Lipinski definition) is 2. The molecule has 1 heterocycles. The molecule has 0 aliphatic carbocycles. The van der Waals surface area contributed by atoms with Gasteiger partial charge in [-0.05, 0) is 24.7 Å². The standard InChI is InChI=1S/C11H20N2/c1-9-5-11(3,4)8-13(7-9)10(2)6-12/h9-10H,5,7-8H2,1-4H3. The van der Waals surface area contributed by atoms with E-state index in [4.69, 9.17) is 5.26 Å². The predicted molar refractivity (Wildman–Crippen MR) is 54.2 cm³/mol. The third kappa shape index (κ3) is 2.70. The van der Waals surface area contributed by atoms with Crippen LogP contribution in [0, 0.1) is 22.7 Å². The predicted octanol–water partition coefficient (Wildman–Crippen LogP) is 2.27. The molecule has 0 radical (unpaired) electrons. The van der Waals surface area contributed by atoms with Crippen LogP contribution < -0.4 is 0 Å². The molecule has 1 rings (SSSR count). The van der Waals surface area contributed by atoms with Crippen molar-refractivity contribution in [3.63, 3.8) is 0 Å². The lowest BCUT2D eigenvalue weighted by molar-refractivity contribution is 0.0671. The molecule has 1 aliphatic heterocycles. The number of piperidine rings is 1. The van der Waals surface area contributed by atoms with Crippen molar-refractivity contribution in [1.82, 2.24) is 4.90 Å². The monoisotopic (exact) mass is 180 g/mol. The van der Waals surface area contributed by atoms with E-state index < -0.39 is 0 Å². The van der Waals surface area contributed by atoms with Gasteiger partial charge < -0.3 is 0 Å². The molecule has 2 heteroatoms. The Balaban J connectivity index is 2.64. The zero-order valence-corrected chi connectivity index (χ0v) is 9.17. The Morgan fingerprint density at radius 3 is 2.62 bits per heavy atom. The highest BCUT2D eigenvalue weighted by Gasteiger charge is 2.32. The van der Waals surface area contributed by atoms with E-state index in [-0.39, 0.29) is 6.04 Å². The molecule has 2 unspecified atom stereocenters. The highest BCUT2D eigenvalue weighted by atomic mass is 15.2. The highest BCUT2D eigenvalue weighted by molar-refractivity contribution is 4.93. The zero-order valence-electron chi connectivity index (χ0n) is 9.17. The molecule has 0 aromatic rings. The van der Waals surface area contributed by atoms with Crippen LogP contribution in [0.25, 0.3) is 0 Å². The Morgan fingerprint density at radius 1 is 1.54 bits per heavy atom. The van der Waals surface area contributed by atoms with E-state index in [1.54, 1.807) is 0 Å². The fourth-order valence-corrected chi connectivity index (χ4v) is 2.46. The summed E-state index contributed by atoms with van der Waals surface area (Å²) in [4.78, 5) is 2.30. The van der Waals surface area contributed by atoms with Crippen molar-refractivity contribution < 1.29 is 0 Å². The molecule has 1 fully saturated rings. The molecule has 0 aromatic heterocycles. The average Bonchev–Trinajstić information content (AvgIpc) is 1.99. The second kappa shape index (κ2) is 3.67. The number of nitrogens with zero attached hydrogens (tertiary/aromatic N) is 2. The molecular weight excluding hydrogens is 160 g/mol. The first-order valence-corrected chi connectivity index (χ1v) is 5.08. The molecule has 0 spiro atoms. The second-order valence-electron chi connectivity index (χ2n) is 5.21. The van der Waals surface area contributed by atoms with E-state index in [1.165, 1.54) is 6.42 Å². The minimum Gasteiger partial charge on any atom is -0.287 e. The van der Waals surface area contributed by atoms with Gasteiger partial charge in [-0.15, -0.1) is 0 Å². The third-order valence-electron chi connectivity index (χ3n) is 2.81. The van der Waals surface area contributed by atoms with Gasteiger partial charge in [-0.2, -0.15) is 5.26 Å². The molecule has 13 heavy (non-hydrogen) atoms. The largest absolute Gasteiger partial charge is 0.287 e. The Morgan fingerprint density at radius 2 is 2.15 bits per heavy atom. The first kappa shape index (κ1) is 10.5. The van der Waals surface area contributed by atoms with E-state index in [0.717, 1.165) is 19.0 Å². The molecule has 74 valence electrons. The summed E-state index contributed by atoms with van der Waals surface area (Å²) in [6.45, 7) is 11.0. The van der Waals surface area contributed by atoms with E-state index in [9.17, 15) is 0 Å². The van der Waals surface area contributed by atoms with Gasteiger partial charge in [0.1, 0.15) is 0 Å². The van der Waals surface area contributed by atoms with Crippen molar-refractivity contribution in [3.05, 3.63) is 0 Å². The molecule has 1 saturated heterocycles. The van der Waals surface area contributed by atoms with Crippen LogP contribution in [0.3, 0.4) is 0 Å². The third-order valence-corrected chi connectivity index (χ3v) is 2.81. The molecule has 0 bridgehead atoms. The lowest BCUT2D eigenvalue weighted by atomic mass is 9.79. The van der Waals surface area contributed by atoms with E-state index in [0.29, 0.717) is 5.41 Å². The van der Waals surface area contributed by atoms with Gasteiger partial charge in [-0.3, -0.25) is 4.90 Å². The number of likely N-dealkylation sites (tertiary alicyclic amines) is 1. The summed E-state index contributed by atoms with van der Waals surface area (Å²) in [5.41, 5.74) is 0.378. The van der Waals surface area contributed by atoms with E-state index >= 15 is 0 Å². The summed E-state index contributed by atoms with van der Waals surface area (Å²) < 4.78 is 0. The Bertz CT molecular complexity index is 215. The van der Waals surface area contributed by atoms with Crippen LogP contribution in [-0.4, -0.2) is 24.0 Å². The summed E-state index contributed by atoms with van der Waals surface area (Å²) >= 11 is 0. The van der Waals surface area contributed by atoms with Crippen LogP contribution >= 0.6 is 0 Å². The minimum atomic E-state index is 0.0713. The van der Waals surface area contributed by atoms with Gasteiger partial charge in [-0.25, -0.2) is 0 Å². The lowest BCUT2D eigenvalue weighted by Crippen LogP contribution is -2.47. The van der Waals surface area contributed by atoms with Gasteiger partial charge in [0.25, 0.3) is 0 Å².